The summed E-state index contributed by atoms with van der Waals surface area (Å²) >= 11 is 0. The lowest BCUT2D eigenvalue weighted by atomic mass is 9.97. The summed E-state index contributed by atoms with van der Waals surface area (Å²) in [5.41, 5.74) is 2.26. The zero-order chi connectivity index (χ0) is 17.1. The van der Waals surface area contributed by atoms with Crippen molar-refractivity contribution in [1.82, 2.24) is 24.6 Å². The molecule has 1 aliphatic heterocycles. The van der Waals surface area contributed by atoms with Crippen LogP contribution < -0.4 is 5.32 Å². The van der Waals surface area contributed by atoms with Gasteiger partial charge in [-0.05, 0) is 30.9 Å². The summed E-state index contributed by atoms with van der Waals surface area (Å²) in [6.07, 6.45) is 5.96. The maximum absolute atomic E-state index is 4.40. The Kier molecular flexibility index (Phi) is 4.61. The molecule has 1 fully saturated rings. The van der Waals surface area contributed by atoms with Crippen molar-refractivity contribution in [3.05, 3.63) is 48.4 Å². The number of piperidine rings is 1. The third-order valence-corrected chi connectivity index (χ3v) is 4.94. The Morgan fingerprint density at radius 1 is 1.20 bits per heavy atom. The van der Waals surface area contributed by atoms with E-state index >= 15 is 0 Å². The summed E-state index contributed by atoms with van der Waals surface area (Å²) in [6.45, 7) is 4.29. The van der Waals surface area contributed by atoms with Crippen molar-refractivity contribution in [2.24, 2.45) is 13.0 Å². The number of fused-ring (bicyclic) bond motifs is 1. The van der Waals surface area contributed by atoms with Gasteiger partial charge in [-0.2, -0.15) is 5.10 Å². The van der Waals surface area contributed by atoms with Gasteiger partial charge in [0.05, 0.1) is 11.6 Å². The number of benzene rings is 1. The number of aryl methyl sites for hydroxylation is 1. The third kappa shape index (κ3) is 3.64. The van der Waals surface area contributed by atoms with Crippen molar-refractivity contribution in [3.8, 4) is 0 Å². The Balaban J connectivity index is 1.37. The van der Waals surface area contributed by atoms with Crippen LogP contribution >= 0.6 is 0 Å². The minimum atomic E-state index is 0.638. The first kappa shape index (κ1) is 16.0. The highest BCUT2D eigenvalue weighted by molar-refractivity contribution is 5.85. The number of nitrogens with one attached hydrogen (secondary N) is 1. The van der Waals surface area contributed by atoms with Gasteiger partial charge >= 0.3 is 0 Å². The summed E-state index contributed by atoms with van der Waals surface area (Å²) < 4.78 is 1.78. The molecule has 25 heavy (non-hydrogen) atoms. The smallest absolute Gasteiger partial charge is 0.163 e. The van der Waals surface area contributed by atoms with Crippen molar-refractivity contribution in [3.63, 3.8) is 0 Å². The molecule has 1 saturated heterocycles. The number of rotatable bonds is 5. The van der Waals surface area contributed by atoms with Crippen molar-refractivity contribution in [1.29, 1.82) is 0 Å². The molecular formula is C19H24N6. The second-order valence-corrected chi connectivity index (χ2v) is 6.84. The number of likely N-dealkylation sites (tertiary alicyclic amines) is 1. The first-order chi connectivity index (χ1) is 12.3. The molecule has 1 unspecified atom stereocenters. The summed E-state index contributed by atoms with van der Waals surface area (Å²) in [6, 6.07) is 10.7. The van der Waals surface area contributed by atoms with Gasteiger partial charge in [0.2, 0.25) is 0 Å². The van der Waals surface area contributed by atoms with Crippen LogP contribution in [0.3, 0.4) is 0 Å². The van der Waals surface area contributed by atoms with E-state index in [9.17, 15) is 0 Å². The fraction of sp³-hybridized carbons (Fsp3) is 0.421. The van der Waals surface area contributed by atoms with Gasteiger partial charge in [0.15, 0.2) is 5.65 Å². The average Bonchev–Trinajstić information content (AvgIpc) is 3.03. The molecule has 6 heteroatoms. The van der Waals surface area contributed by atoms with E-state index in [4.69, 9.17) is 0 Å². The highest BCUT2D eigenvalue weighted by Crippen LogP contribution is 2.21. The fourth-order valence-electron chi connectivity index (χ4n) is 3.65. The molecule has 0 radical (unpaired) electrons. The van der Waals surface area contributed by atoms with E-state index < -0.39 is 0 Å². The number of hydrogen-bond acceptors (Lipinski definition) is 5. The summed E-state index contributed by atoms with van der Waals surface area (Å²) in [4.78, 5) is 11.3. The Labute approximate surface area is 147 Å². The van der Waals surface area contributed by atoms with Gasteiger partial charge in [-0.15, -0.1) is 0 Å². The van der Waals surface area contributed by atoms with E-state index in [2.05, 4.69) is 55.6 Å². The maximum atomic E-state index is 4.40. The Morgan fingerprint density at radius 2 is 2.08 bits per heavy atom. The van der Waals surface area contributed by atoms with E-state index in [1.165, 1.54) is 24.9 Å². The summed E-state index contributed by atoms with van der Waals surface area (Å²) in [7, 11) is 1.90. The maximum Gasteiger partial charge on any atom is 0.163 e. The van der Waals surface area contributed by atoms with Gasteiger partial charge in [-0.3, -0.25) is 9.58 Å². The van der Waals surface area contributed by atoms with Crippen LogP contribution in [-0.4, -0.2) is 44.3 Å². The van der Waals surface area contributed by atoms with E-state index in [1.807, 2.05) is 13.2 Å². The molecule has 0 amide bonds. The summed E-state index contributed by atoms with van der Waals surface area (Å²) in [5, 5.41) is 8.79. The molecular weight excluding hydrogens is 312 g/mol. The quantitative estimate of drug-likeness (QED) is 0.776. The molecule has 1 N–H and O–H groups in total. The predicted molar refractivity (Wildman–Crippen MR) is 99.2 cm³/mol. The molecule has 3 heterocycles. The zero-order valence-corrected chi connectivity index (χ0v) is 14.6. The van der Waals surface area contributed by atoms with Crippen molar-refractivity contribution >= 4 is 16.9 Å². The standard InChI is InChI=1S/C19H24N6/c1-24-19-17(11-23-24)18(21-14-22-19)20-10-16-8-5-9-25(13-16)12-15-6-3-2-4-7-15/h2-4,6-7,11,14,16H,5,8-10,12-13H2,1H3,(H,20,21,22). The van der Waals surface area contributed by atoms with Gasteiger partial charge in [-0.25, -0.2) is 9.97 Å². The second-order valence-electron chi connectivity index (χ2n) is 6.84. The van der Waals surface area contributed by atoms with Gasteiger partial charge < -0.3 is 5.32 Å². The van der Waals surface area contributed by atoms with Crippen LogP contribution in [0.5, 0.6) is 0 Å². The van der Waals surface area contributed by atoms with E-state index in [0.717, 1.165) is 36.5 Å². The molecule has 0 bridgehead atoms. The minimum absolute atomic E-state index is 0.638. The number of nitrogens with zero attached hydrogens (tertiary/aromatic N) is 5. The van der Waals surface area contributed by atoms with Crippen LogP contribution in [0.2, 0.25) is 0 Å². The Bertz CT molecular complexity index is 828. The third-order valence-electron chi connectivity index (χ3n) is 4.94. The molecule has 1 aliphatic rings. The SMILES string of the molecule is Cn1ncc2c(NCC3CCCN(Cc4ccccc4)C3)ncnc21. The lowest BCUT2D eigenvalue weighted by Gasteiger charge is -2.33. The molecule has 6 nitrogen and oxygen atoms in total. The topological polar surface area (TPSA) is 58.9 Å². The van der Waals surface area contributed by atoms with Crippen LogP contribution in [0, 0.1) is 5.92 Å². The number of hydrogen-bond donors (Lipinski definition) is 1. The van der Waals surface area contributed by atoms with E-state index in [-0.39, 0.29) is 0 Å². The molecule has 0 saturated carbocycles. The zero-order valence-electron chi connectivity index (χ0n) is 14.6. The van der Waals surface area contributed by atoms with Crippen LogP contribution in [0.25, 0.3) is 11.0 Å². The molecule has 0 spiro atoms. The highest BCUT2D eigenvalue weighted by atomic mass is 15.3. The van der Waals surface area contributed by atoms with Crippen LogP contribution in [0.15, 0.2) is 42.9 Å². The molecule has 1 aromatic carbocycles. The summed E-state index contributed by atoms with van der Waals surface area (Å²) in [5.74, 6) is 1.53. The van der Waals surface area contributed by atoms with Crippen molar-refractivity contribution in [2.75, 3.05) is 25.0 Å². The fourth-order valence-corrected chi connectivity index (χ4v) is 3.65. The number of anilines is 1. The largest absolute Gasteiger partial charge is 0.369 e. The molecule has 0 aliphatic carbocycles. The van der Waals surface area contributed by atoms with E-state index in [0.29, 0.717) is 5.92 Å². The first-order valence-electron chi connectivity index (χ1n) is 8.92. The Morgan fingerprint density at radius 3 is 2.96 bits per heavy atom. The molecule has 3 aromatic rings. The second kappa shape index (κ2) is 7.19. The normalized spacial score (nSPS) is 18.5. The molecule has 4 rings (SSSR count). The van der Waals surface area contributed by atoms with Gasteiger partial charge in [0.25, 0.3) is 0 Å². The monoisotopic (exact) mass is 336 g/mol. The highest BCUT2D eigenvalue weighted by Gasteiger charge is 2.20. The lowest BCUT2D eigenvalue weighted by molar-refractivity contribution is 0.173. The van der Waals surface area contributed by atoms with Gasteiger partial charge in [0.1, 0.15) is 12.1 Å². The number of aromatic nitrogens is 4. The van der Waals surface area contributed by atoms with Crippen LogP contribution in [0.4, 0.5) is 5.82 Å². The molecule has 1 atom stereocenters. The lowest BCUT2D eigenvalue weighted by Crippen LogP contribution is -2.37. The van der Waals surface area contributed by atoms with Crippen LogP contribution in [0.1, 0.15) is 18.4 Å². The van der Waals surface area contributed by atoms with Crippen molar-refractivity contribution in [2.45, 2.75) is 19.4 Å². The predicted octanol–water partition coefficient (Wildman–Crippen LogP) is 2.69. The first-order valence-corrected chi connectivity index (χ1v) is 8.92. The van der Waals surface area contributed by atoms with Crippen molar-refractivity contribution < 1.29 is 0 Å². The van der Waals surface area contributed by atoms with E-state index in [1.54, 1.807) is 11.0 Å². The molecule has 2 aromatic heterocycles. The van der Waals surface area contributed by atoms with Gasteiger partial charge in [0, 0.05) is 26.7 Å². The van der Waals surface area contributed by atoms with Crippen LogP contribution in [-0.2, 0) is 13.6 Å². The minimum Gasteiger partial charge on any atom is -0.369 e. The Hall–Kier alpha value is -2.47. The molecule has 130 valence electrons. The average molecular weight is 336 g/mol. The van der Waals surface area contributed by atoms with Gasteiger partial charge in [-0.1, -0.05) is 30.3 Å².